The summed E-state index contributed by atoms with van der Waals surface area (Å²) in [4.78, 5) is 4.23. The molecule has 0 saturated heterocycles. The van der Waals surface area contributed by atoms with E-state index in [0.29, 0.717) is 35.4 Å². The number of hydrogen-bond donors (Lipinski definition) is 1. The Morgan fingerprint density at radius 1 is 1.36 bits per heavy atom. The van der Waals surface area contributed by atoms with E-state index < -0.39 is 0 Å². The number of rotatable bonds is 5. The quantitative estimate of drug-likeness (QED) is 0.496. The fourth-order valence-corrected chi connectivity index (χ4v) is 2.73. The van der Waals surface area contributed by atoms with Gasteiger partial charge in [0.05, 0.1) is 18.7 Å². The lowest BCUT2D eigenvalue weighted by atomic mass is 10.3. The number of aliphatic imine (C=N–C) groups is 1. The number of nitrogens with zero attached hydrogens (tertiary/aromatic N) is 3. The highest BCUT2D eigenvalue weighted by molar-refractivity contribution is 8.38. The maximum absolute atomic E-state index is 5.83. The van der Waals surface area contributed by atoms with Crippen molar-refractivity contribution in [2.24, 2.45) is 4.99 Å². The van der Waals surface area contributed by atoms with E-state index >= 15 is 0 Å². The molecule has 2 rings (SSSR count). The molecule has 0 saturated carbocycles. The smallest absolute Gasteiger partial charge is 0.344 e. The Balaban J connectivity index is 1.90. The number of anilines is 1. The molecule has 118 valence electrons. The number of halogens is 1. The van der Waals surface area contributed by atoms with Gasteiger partial charge >= 0.3 is 6.01 Å². The summed E-state index contributed by atoms with van der Waals surface area (Å²) in [5.74, 6) is 1.04. The fraction of sp³-hybridized carbons (Fsp3) is 0.308. The second-order valence-electron chi connectivity index (χ2n) is 4.04. The second kappa shape index (κ2) is 8.30. The summed E-state index contributed by atoms with van der Waals surface area (Å²) in [5, 5.41) is 8.38. The van der Waals surface area contributed by atoms with E-state index in [0.717, 1.165) is 4.38 Å². The minimum absolute atomic E-state index is 0.250. The summed E-state index contributed by atoms with van der Waals surface area (Å²) in [6, 6.07) is 5.34. The molecule has 0 spiro atoms. The molecule has 9 heteroatoms. The highest BCUT2D eigenvalue weighted by Crippen LogP contribution is 2.25. The van der Waals surface area contributed by atoms with Gasteiger partial charge in [0.1, 0.15) is 10.1 Å². The van der Waals surface area contributed by atoms with Crippen LogP contribution in [-0.2, 0) is 6.42 Å². The van der Waals surface area contributed by atoms with Crippen molar-refractivity contribution >= 4 is 51.2 Å². The Hall–Kier alpha value is -1.38. The molecule has 0 atom stereocenters. The number of hydrogen-bond acceptors (Lipinski definition) is 8. The van der Waals surface area contributed by atoms with Gasteiger partial charge in [-0.3, -0.25) is 0 Å². The molecule has 1 heterocycles. The Labute approximate surface area is 141 Å². The van der Waals surface area contributed by atoms with E-state index in [2.05, 4.69) is 15.2 Å². The third-order valence-electron chi connectivity index (χ3n) is 2.54. The molecule has 6 nitrogen and oxygen atoms in total. The Kier molecular flexibility index (Phi) is 6.41. The van der Waals surface area contributed by atoms with Crippen LogP contribution in [0.15, 0.2) is 27.6 Å². The molecule has 0 bridgehead atoms. The molecule has 0 radical (unpaired) electrons. The minimum Gasteiger partial charge on any atom is -0.491 e. The average molecular weight is 359 g/mol. The van der Waals surface area contributed by atoms with E-state index in [9.17, 15) is 0 Å². The first-order valence-electron chi connectivity index (χ1n) is 6.29. The van der Waals surface area contributed by atoms with Crippen LogP contribution in [0, 0.1) is 0 Å². The van der Waals surface area contributed by atoms with Crippen LogP contribution in [0.3, 0.4) is 0 Å². The van der Waals surface area contributed by atoms with Crippen LogP contribution in [-0.4, -0.2) is 33.7 Å². The van der Waals surface area contributed by atoms with Crippen LogP contribution >= 0.6 is 35.1 Å². The maximum Gasteiger partial charge on any atom is 0.344 e. The Morgan fingerprint density at radius 2 is 2.14 bits per heavy atom. The summed E-state index contributed by atoms with van der Waals surface area (Å²) in [5.41, 5.74) is 6.30. The van der Waals surface area contributed by atoms with Gasteiger partial charge in [-0.25, -0.2) is 0 Å². The third kappa shape index (κ3) is 4.82. The Bertz CT molecular complexity index is 657. The van der Waals surface area contributed by atoms with Gasteiger partial charge in [-0.15, -0.1) is 28.6 Å². The molecule has 2 aromatic rings. The minimum atomic E-state index is 0.250. The number of benzene rings is 1. The molecule has 0 aliphatic carbocycles. The number of nitrogen functional groups attached to an aromatic ring is 1. The summed E-state index contributed by atoms with van der Waals surface area (Å²) in [6.07, 6.45) is 4.35. The third-order valence-corrected chi connectivity index (χ3v) is 4.65. The van der Waals surface area contributed by atoms with Crippen LogP contribution in [0.4, 0.5) is 11.7 Å². The topological polar surface area (TPSA) is 86.5 Å². The zero-order chi connectivity index (χ0) is 15.9. The normalized spacial score (nSPS) is 10.5. The van der Waals surface area contributed by atoms with Gasteiger partial charge in [-0.2, -0.15) is 4.99 Å². The number of thioether (sulfide) groups is 2. The first kappa shape index (κ1) is 17.0. The molecular weight excluding hydrogens is 344 g/mol. The first-order valence-corrected chi connectivity index (χ1v) is 9.12. The van der Waals surface area contributed by atoms with Crippen molar-refractivity contribution in [3.63, 3.8) is 0 Å². The van der Waals surface area contributed by atoms with Crippen molar-refractivity contribution in [2.45, 2.75) is 6.42 Å². The van der Waals surface area contributed by atoms with Crippen LogP contribution in [0.1, 0.15) is 5.89 Å². The van der Waals surface area contributed by atoms with E-state index in [-0.39, 0.29) is 6.01 Å². The zero-order valence-corrected chi connectivity index (χ0v) is 14.5. The van der Waals surface area contributed by atoms with E-state index in [1.54, 1.807) is 18.2 Å². The van der Waals surface area contributed by atoms with Gasteiger partial charge in [0.2, 0.25) is 5.89 Å². The molecule has 1 aromatic carbocycles. The van der Waals surface area contributed by atoms with Crippen molar-refractivity contribution in [2.75, 3.05) is 24.9 Å². The molecule has 0 amide bonds. The monoisotopic (exact) mass is 358 g/mol. The molecule has 0 aliphatic heterocycles. The molecule has 0 aliphatic rings. The van der Waals surface area contributed by atoms with Crippen LogP contribution in [0.2, 0.25) is 5.02 Å². The number of aromatic nitrogens is 2. The van der Waals surface area contributed by atoms with Crippen molar-refractivity contribution in [1.29, 1.82) is 0 Å². The average Bonchev–Trinajstić information content (AvgIpc) is 2.94. The highest BCUT2D eigenvalue weighted by atomic mass is 35.5. The highest BCUT2D eigenvalue weighted by Gasteiger charge is 2.08. The Morgan fingerprint density at radius 3 is 2.82 bits per heavy atom. The number of nitrogens with two attached hydrogens (primary N) is 1. The van der Waals surface area contributed by atoms with Gasteiger partial charge in [-0.05, 0) is 30.7 Å². The fourth-order valence-electron chi connectivity index (χ4n) is 1.54. The molecule has 0 fully saturated rings. The van der Waals surface area contributed by atoms with Gasteiger partial charge in [0.15, 0.2) is 0 Å². The summed E-state index contributed by atoms with van der Waals surface area (Å²) >= 11 is 8.89. The summed E-state index contributed by atoms with van der Waals surface area (Å²) in [6.45, 7) is 0.370. The predicted molar refractivity (Wildman–Crippen MR) is 93.5 cm³/mol. The lowest BCUT2D eigenvalue weighted by molar-refractivity contribution is 0.308. The lowest BCUT2D eigenvalue weighted by Crippen LogP contribution is -2.03. The number of ether oxygens (including phenoxy) is 1. The van der Waals surface area contributed by atoms with Gasteiger partial charge in [0.25, 0.3) is 0 Å². The second-order valence-corrected chi connectivity index (χ2v) is 6.33. The largest absolute Gasteiger partial charge is 0.491 e. The predicted octanol–water partition coefficient (Wildman–Crippen LogP) is 3.64. The standard InChI is InChI=1S/C13H15ClN4O2S2/c1-21-13(22-2)16-12-18-17-11(20-12)5-6-19-10-4-3-8(14)7-9(10)15/h3-4,7H,5-6,15H2,1-2H3. The van der Waals surface area contributed by atoms with E-state index in [1.165, 1.54) is 23.5 Å². The van der Waals surface area contributed by atoms with Crippen molar-refractivity contribution in [3.05, 3.63) is 29.1 Å². The van der Waals surface area contributed by atoms with Gasteiger partial charge < -0.3 is 14.9 Å². The molecule has 1 aromatic heterocycles. The van der Waals surface area contributed by atoms with E-state index in [1.807, 2.05) is 12.5 Å². The molecule has 0 unspecified atom stereocenters. The summed E-state index contributed by atoms with van der Waals surface area (Å²) < 4.78 is 11.9. The maximum atomic E-state index is 5.83. The first-order chi connectivity index (χ1) is 10.6. The zero-order valence-electron chi connectivity index (χ0n) is 12.1. The van der Waals surface area contributed by atoms with E-state index in [4.69, 9.17) is 26.5 Å². The van der Waals surface area contributed by atoms with Crippen LogP contribution < -0.4 is 10.5 Å². The SMILES string of the molecule is CSC(=Nc1nnc(CCOc2ccc(Cl)cc2N)o1)SC. The van der Waals surface area contributed by atoms with Gasteiger partial charge in [-0.1, -0.05) is 16.7 Å². The van der Waals surface area contributed by atoms with Crippen molar-refractivity contribution < 1.29 is 9.15 Å². The summed E-state index contributed by atoms with van der Waals surface area (Å²) in [7, 11) is 0. The lowest BCUT2D eigenvalue weighted by Gasteiger charge is -2.07. The molecule has 22 heavy (non-hydrogen) atoms. The molecular formula is C13H15ClN4O2S2. The van der Waals surface area contributed by atoms with Crippen LogP contribution in [0.25, 0.3) is 0 Å². The van der Waals surface area contributed by atoms with Crippen molar-refractivity contribution in [3.8, 4) is 5.75 Å². The molecule has 2 N–H and O–H groups in total. The van der Waals surface area contributed by atoms with Crippen LogP contribution in [0.5, 0.6) is 5.75 Å². The van der Waals surface area contributed by atoms with Crippen molar-refractivity contribution in [1.82, 2.24) is 10.2 Å². The van der Waals surface area contributed by atoms with Gasteiger partial charge in [0, 0.05) is 5.02 Å².